The number of aliphatic hydroxyl groups is 1. The molecule has 0 saturated carbocycles. The van der Waals surface area contributed by atoms with Gasteiger partial charge in [-0.2, -0.15) is 0 Å². The first kappa shape index (κ1) is 9.93. The van der Waals surface area contributed by atoms with Gasteiger partial charge in [0.25, 0.3) is 0 Å². The minimum Gasteiger partial charge on any atom is -0.388 e. The second-order valence-electron chi connectivity index (χ2n) is 3.67. The zero-order valence-electron chi connectivity index (χ0n) is 7.25. The van der Waals surface area contributed by atoms with Crippen molar-refractivity contribution in [3.05, 3.63) is 10.6 Å². The van der Waals surface area contributed by atoms with Crippen molar-refractivity contribution in [2.75, 3.05) is 0 Å². The predicted molar refractivity (Wildman–Crippen MR) is 51.0 cm³/mol. The van der Waals surface area contributed by atoms with Crippen molar-refractivity contribution in [3.63, 3.8) is 0 Å². The summed E-state index contributed by atoms with van der Waals surface area (Å²) in [5, 5.41) is 9.44. The van der Waals surface area contributed by atoms with E-state index in [1.54, 1.807) is 6.08 Å². The van der Waals surface area contributed by atoms with Crippen LogP contribution in [0.3, 0.4) is 0 Å². The molecule has 0 aromatic rings. The topological polar surface area (TPSA) is 37.3 Å². The highest BCUT2D eigenvalue weighted by Gasteiger charge is 2.35. The summed E-state index contributed by atoms with van der Waals surface area (Å²) in [6.45, 7) is 3.87. The van der Waals surface area contributed by atoms with Crippen LogP contribution in [0.1, 0.15) is 20.3 Å². The van der Waals surface area contributed by atoms with Crippen LogP contribution in [-0.2, 0) is 4.79 Å². The molecule has 0 saturated heterocycles. The van der Waals surface area contributed by atoms with E-state index in [2.05, 4.69) is 15.9 Å². The number of hydrogen-bond acceptors (Lipinski definition) is 2. The standard InChI is InChI=1S/C9H13BrO2/c1-6-3-8(12)7(10)4-9(6,2)5-11/h4-6,8,12H,3H2,1-2H3/t6-,8-,9+/m0/s1. The fourth-order valence-electron chi connectivity index (χ4n) is 1.39. The minimum atomic E-state index is -0.437. The monoisotopic (exact) mass is 232 g/mol. The van der Waals surface area contributed by atoms with Gasteiger partial charge in [0.05, 0.1) is 6.10 Å². The third kappa shape index (κ3) is 1.62. The number of carbonyl (C=O) groups is 1. The molecule has 1 aliphatic rings. The quantitative estimate of drug-likeness (QED) is 0.702. The highest BCUT2D eigenvalue weighted by atomic mass is 79.9. The molecule has 0 heterocycles. The van der Waals surface area contributed by atoms with E-state index in [0.717, 1.165) is 10.8 Å². The molecule has 0 amide bonds. The second-order valence-corrected chi connectivity index (χ2v) is 4.58. The van der Waals surface area contributed by atoms with Crippen LogP contribution >= 0.6 is 15.9 Å². The Hall–Kier alpha value is -0.150. The summed E-state index contributed by atoms with van der Waals surface area (Å²) in [5.74, 6) is 0.200. The van der Waals surface area contributed by atoms with Crippen molar-refractivity contribution in [2.45, 2.75) is 26.4 Å². The van der Waals surface area contributed by atoms with E-state index in [4.69, 9.17) is 0 Å². The van der Waals surface area contributed by atoms with Gasteiger partial charge in [-0.3, -0.25) is 0 Å². The lowest BCUT2D eigenvalue weighted by Crippen LogP contribution is -2.33. The van der Waals surface area contributed by atoms with Gasteiger partial charge < -0.3 is 9.90 Å². The van der Waals surface area contributed by atoms with Crippen molar-refractivity contribution in [1.29, 1.82) is 0 Å². The summed E-state index contributed by atoms with van der Waals surface area (Å²) in [6, 6.07) is 0. The Morgan fingerprint density at radius 3 is 2.92 bits per heavy atom. The van der Waals surface area contributed by atoms with E-state index < -0.39 is 11.5 Å². The van der Waals surface area contributed by atoms with Gasteiger partial charge in [0, 0.05) is 9.90 Å². The van der Waals surface area contributed by atoms with Gasteiger partial charge in [-0.1, -0.05) is 28.9 Å². The first-order valence-corrected chi connectivity index (χ1v) is 4.81. The fraction of sp³-hybridized carbons (Fsp3) is 0.667. The van der Waals surface area contributed by atoms with Crippen LogP contribution in [0.2, 0.25) is 0 Å². The Kier molecular flexibility index (Phi) is 2.74. The molecule has 0 aromatic carbocycles. The maximum Gasteiger partial charge on any atom is 0.129 e. The Labute approximate surface area is 80.8 Å². The summed E-state index contributed by atoms with van der Waals surface area (Å²) < 4.78 is 0.732. The molecule has 1 rings (SSSR count). The molecule has 0 aliphatic heterocycles. The lowest BCUT2D eigenvalue weighted by molar-refractivity contribution is -0.116. The fourth-order valence-corrected chi connectivity index (χ4v) is 2.07. The molecular weight excluding hydrogens is 220 g/mol. The molecule has 0 fully saturated rings. The van der Waals surface area contributed by atoms with Crippen molar-refractivity contribution in [3.8, 4) is 0 Å². The molecule has 0 radical (unpaired) electrons. The molecule has 1 aliphatic carbocycles. The van der Waals surface area contributed by atoms with E-state index >= 15 is 0 Å². The van der Waals surface area contributed by atoms with Crippen LogP contribution in [-0.4, -0.2) is 17.5 Å². The lowest BCUT2D eigenvalue weighted by Gasteiger charge is -2.34. The number of carbonyl (C=O) groups excluding carboxylic acids is 1. The molecule has 3 heteroatoms. The predicted octanol–water partition coefficient (Wildman–Crippen LogP) is 1.87. The number of allylic oxidation sites excluding steroid dienone is 1. The Morgan fingerprint density at radius 1 is 1.83 bits per heavy atom. The third-order valence-electron chi connectivity index (χ3n) is 2.66. The van der Waals surface area contributed by atoms with E-state index in [1.165, 1.54) is 0 Å². The highest BCUT2D eigenvalue weighted by Crippen LogP contribution is 2.39. The molecular formula is C9H13BrO2. The van der Waals surface area contributed by atoms with Crippen LogP contribution in [0.15, 0.2) is 10.6 Å². The van der Waals surface area contributed by atoms with Gasteiger partial charge in [-0.25, -0.2) is 0 Å². The van der Waals surface area contributed by atoms with Crippen LogP contribution in [0.25, 0.3) is 0 Å². The van der Waals surface area contributed by atoms with E-state index in [-0.39, 0.29) is 5.92 Å². The van der Waals surface area contributed by atoms with E-state index in [0.29, 0.717) is 6.42 Å². The maximum atomic E-state index is 10.8. The number of halogens is 1. The average molecular weight is 233 g/mol. The highest BCUT2D eigenvalue weighted by molar-refractivity contribution is 9.11. The molecule has 2 nitrogen and oxygen atoms in total. The number of aldehydes is 1. The molecule has 1 N–H and O–H groups in total. The zero-order chi connectivity index (χ0) is 9.35. The summed E-state index contributed by atoms with van der Waals surface area (Å²) in [4.78, 5) is 10.8. The number of rotatable bonds is 1. The largest absolute Gasteiger partial charge is 0.388 e. The zero-order valence-corrected chi connectivity index (χ0v) is 8.84. The normalized spacial score (nSPS) is 42.2. The van der Waals surface area contributed by atoms with E-state index in [9.17, 15) is 9.90 Å². The summed E-state index contributed by atoms with van der Waals surface area (Å²) in [6.07, 6.45) is 2.96. The Morgan fingerprint density at radius 2 is 2.42 bits per heavy atom. The van der Waals surface area contributed by atoms with Crippen LogP contribution < -0.4 is 0 Å². The SMILES string of the molecule is C[C@H]1C[C@H](O)C(Br)=C[C@]1(C)C=O. The van der Waals surface area contributed by atoms with Crippen LogP contribution in [0.5, 0.6) is 0 Å². The van der Waals surface area contributed by atoms with Gasteiger partial charge in [0.15, 0.2) is 0 Å². The van der Waals surface area contributed by atoms with Gasteiger partial charge in [0.1, 0.15) is 6.29 Å². The first-order valence-electron chi connectivity index (χ1n) is 4.02. The van der Waals surface area contributed by atoms with Crippen LogP contribution in [0.4, 0.5) is 0 Å². The van der Waals surface area contributed by atoms with Gasteiger partial charge in [-0.15, -0.1) is 0 Å². The van der Waals surface area contributed by atoms with Crippen molar-refractivity contribution >= 4 is 22.2 Å². The maximum absolute atomic E-state index is 10.8. The first-order chi connectivity index (χ1) is 5.49. The van der Waals surface area contributed by atoms with E-state index in [1.807, 2.05) is 13.8 Å². The second kappa shape index (κ2) is 3.30. The minimum absolute atomic E-state index is 0.200. The summed E-state index contributed by atoms with van der Waals surface area (Å²) in [7, 11) is 0. The van der Waals surface area contributed by atoms with Crippen molar-refractivity contribution < 1.29 is 9.90 Å². The van der Waals surface area contributed by atoms with Crippen LogP contribution in [0, 0.1) is 11.3 Å². The van der Waals surface area contributed by atoms with Gasteiger partial charge in [-0.05, 0) is 19.3 Å². The Balaban J connectivity index is 2.97. The number of hydrogen-bond donors (Lipinski definition) is 1. The lowest BCUT2D eigenvalue weighted by atomic mass is 9.73. The molecule has 3 atom stereocenters. The van der Waals surface area contributed by atoms with Crippen molar-refractivity contribution in [2.24, 2.45) is 11.3 Å². The van der Waals surface area contributed by atoms with Gasteiger partial charge in [0.2, 0.25) is 0 Å². The molecule has 0 bridgehead atoms. The summed E-state index contributed by atoms with van der Waals surface area (Å²) in [5.41, 5.74) is -0.419. The Bertz CT molecular complexity index is 225. The van der Waals surface area contributed by atoms with Gasteiger partial charge >= 0.3 is 0 Å². The third-order valence-corrected chi connectivity index (χ3v) is 3.42. The summed E-state index contributed by atoms with van der Waals surface area (Å²) >= 11 is 3.25. The van der Waals surface area contributed by atoms with Crippen molar-refractivity contribution in [1.82, 2.24) is 0 Å². The molecule has 0 unspecified atom stereocenters. The average Bonchev–Trinajstić information content (AvgIpc) is 2.01. The smallest absolute Gasteiger partial charge is 0.129 e. The molecule has 68 valence electrons. The molecule has 0 spiro atoms. The number of aliphatic hydroxyl groups excluding tert-OH is 1. The molecule has 0 aromatic heterocycles. The molecule has 12 heavy (non-hydrogen) atoms.